The Morgan fingerprint density at radius 3 is 2.16 bits per heavy atom. The lowest BCUT2D eigenvalue weighted by atomic mass is 9.62. The van der Waals surface area contributed by atoms with Crippen molar-refractivity contribution in [2.75, 3.05) is 0 Å². The van der Waals surface area contributed by atoms with Gasteiger partial charge in [0.25, 0.3) is 0 Å². The van der Waals surface area contributed by atoms with Crippen molar-refractivity contribution in [3.63, 3.8) is 0 Å². The first-order chi connectivity index (χ1) is 24.1. The number of benzene rings is 4. The van der Waals surface area contributed by atoms with Crippen molar-refractivity contribution in [2.45, 2.75) is 79.6 Å². The van der Waals surface area contributed by atoms with Crippen LogP contribution in [0.2, 0.25) is 0 Å². The van der Waals surface area contributed by atoms with Crippen LogP contribution >= 0.6 is 0 Å². The monoisotopic (exact) mass is 656 g/mol. The first-order valence-electron chi connectivity index (χ1n) is 18.8. The summed E-state index contributed by atoms with van der Waals surface area (Å²) >= 11 is 0. The maximum Gasteiger partial charge on any atom is 0.0261 e. The van der Waals surface area contributed by atoms with E-state index < -0.39 is 0 Å². The molecule has 0 bridgehead atoms. The molecule has 256 valence electrons. The van der Waals surface area contributed by atoms with Crippen molar-refractivity contribution in [1.82, 2.24) is 0 Å². The van der Waals surface area contributed by atoms with Crippen LogP contribution in [0.5, 0.6) is 0 Å². The predicted octanol–water partition coefficient (Wildman–Crippen LogP) is 13.9. The van der Waals surface area contributed by atoms with E-state index in [4.69, 9.17) is 0 Å². The highest BCUT2D eigenvalue weighted by Gasteiger charge is 2.49. The summed E-state index contributed by atoms with van der Waals surface area (Å²) in [6, 6.07) is 30.2. The van der Waals surface area contributed by atoms with E-state index in [1.54, 1.807) is 0 Å². The number of hydrogen-bond acceptors (Lipinski definition) is 0. The Morgan fingerprint density at radius 1 is 0.840 bits per heavy atom. The third-order valence-electron chi connectivity index (χ3n) is 12.3. The van der Waals surface area contributed by atoms with Crippen molar-refractivity contribution in [1.29, 1.82) is 0 Å². The first-order valence-corrected chi connectivity index (χ1v) is 18.8. The van der Waals surface area contributed by atoms with Gasteiger partial charge in [0.1, 0.15) is 0 Å². The van der Waals surface area contributed by atoms with E-state index in [0.29, 0.717) is 29.6 Å². The van der Waals surface area contributed by atoms with Crippen molar-refractivity contribution in [3.8, 4) is 11.1 Å². The molecule has 0 amide bonds. The van der Waals surface area contributed by atoms with Crippen LogP contribution in [0.15, 0.2) is 151 Å². The molecule has 0 heterocycles. The van der Waals surface area contributed by atoms with E-state index in [-0.39, 0.29) is 5.41 Å². The summed E-state index contributed by atoms with van der Waals surface area (Å²) in [6.07, 6.45) is 15.2. The van der Waals surface area contributed by atoms with E-state index in [0.717, 1.165) is 12.8 Å². The van der Waals surface area contributed by atoms with Gasteiger partial charge in [-0.25, -0.2) is 0 Å². The molecule has 0 N–H and O–H groups in total. The summed E-state index contributed by atoms with van der Waals surface area (Å²) in [5.74, 6) is 2.15. The van der Waals surface area contributed by atoms with Gasteiger partial charge in [0, 0.05) is 5.41 Å². The largest absolute Gasteiger partial charge is 0.0988 e. The van der Waals surface area contributed by atoms with Crippen LogP contribution in [0, 0.1) is 23.7 Å². The molecular formula is C50H56. The van der Waals surface area contributed by atoms with Crippen LogP contribution in [0.4, 0.5) is 0 Å². The highest BCUT2D eigenvalue weighted by Crippen LogP contribution is 2.59. The zero-order valence-electron chi connectivity index (χ0n) is 31.7. The number of fused-ring (bicyclic) bond motifs is 5. The molecule has 0 nitrogen and oxygen atoms in total. The zero-order chi connectivity index (χ0) is 35.7. The molecule has 0 radical (unpaired) electrons. The smallest absolute Gasteiger partial charge is 0.0261 e. The fourth-order valence-electron chi connectivity index (χ4n) is 9.43. The second-order valence-electron chi connectivity index (χ2n) is 15.4. The van der Waals surface area contributed by atoms with Crippen molar-refractivity contribution in [3.05, 3.63) is 179 Å². The van der Waals surface area contributed by atoms with Gasteiger partial charge in [0.05, 0.1) is 0 Å². The number of rotatable bonds is 11. The van der Waals surface area contributed by atoms with E-state index in [1.807, 2.05) is 12.2 Å². The summed E-state index contributed by atoms with van der Waals surface area (Å²) in [7, 11) is 0. The van der Waals surface area contributed by atoms with E-state index in [1.165, 1.54) is 72.0 Å². The lowest BCUT2D eigenvalue weighted by Gasteiger charge is -2.41. The quantitative estimate of drug-likeness (QED) is 0.141. The van der Waals surface area contributed by atoms with Crippen LogP contribution in [-0.4, -0.2) is 0 Å². The van der Waals surface area contributed by atoms with Crippen LogP contribution in [0.1, 0.15) is 95.5 Å². The molecule has 3 atom stereocenters. The predicted molar refractivity (Wildman–Crippen MR) is 219 cm³/mol. The van der Waals surface area contributed by atoms with Gasteiger partial charge in [-0.2, -0.15) is 0 Å². The number of hydrogen-bond donors (Lipinski definition) is 0. The third-order valence-corrected chi connectivity index (χ3v) is 12.3. The van der Waals surface area contributed by atoms with Gasteiger partial charge in [-0.15, -0.1) is 0 Å². The van der Waals surface area contributed by atoms with Crippen LogP contribution in [-0.2, 0) is 11.8 Å². The van der Waals surface area contributed by atoms with Crippen molar-refractivity contribution >= 4 is 10.8 Å². The highest BCUT2D eigenvalue weighted by atomic mass is 14.5. The number of allylic oxidation sites excluding steroid dienone is 10. The first kappa shape index (κ1) is 35.4. The van der Waals surface area contributed by atoms with Gasteiger partial charge in [0.15, 0.2) is 0 Å². The molecule has 0 saturated carbocycles. The molecule has 2 aliphatic carbocycles. The minimum absolute atomic E-state index is 0.0764. The molecule has 0 fully saturated rings. The normalized spacial score (nSPS) is 18.4. The molecule has 0 saturated heterocycles. The summed E-state index contributed by atoms with van der Waals surface area (Å²) in [5, 5.41) is 2.76. The molecule has 2 aliphatic rings. The van der Waals surface area contributed by atoms with Gasteiger partial charge in [0.2, 0.25) is 0 Å². The van der Waals surface area contributed by atoms with Gasteiger partial charge >= 0.3 is 0 Å². The fraction of sp³-hybridized carbons (Fsp3) is 0.320. The maximum absolute atomic E-state index is 4.17. The lowest BCUT2D eigenvalue weighted by Crippen LogP contribution is -2.37. The van der Waals surface area contributed by atoms with Gasteiger partial charge < -0.3 is 0 Å². The van der Waals surface area contributed by atoms with Gasteiger partial charge in [-0.3, -0.25) is 0 Å². The van der Waals surface area contributed by atoms with Crippen LogP contribution < -0.4 is 0 Å². The summed E-state index contributed by atoms with van der Waals surface area (Å²) < 4.78 is 0. The minimum Gasteiger partial charge on any atom is -0.0988 e. The fourth-order valence-corrected chi connectivity index (χ4v) is 9.43. The Hall–Kier alpha value is -4.42. The Kier molecular flexibility index (Phi) is 10.2. The van der Waals surface area contributed by atoms with Crippen molar-refractivity contribution in [2.24, 2.45) is 23.7 Å². The third kappa shape index (κ3) is 5.91. The molecule has 0 aliphatic heterocycles. The molecule has 6 rings (SSSR count). The molecule has 50 heavy (non-hydrogen) atoms. The average molecular weight is 657 g/mol. The SMILES string of the molecule is C=CC1=CCC(C(C)C(C)c2ccc3c(c2)C(C(C)C)(C(C)C)c2cc(Cc4ccccc4)c4ccccc4c2-3)C=C1C(/C=C\C)=C(\C)C=C. The standard InChI is InChI=1S/C50H56/c1-11-19-42(34(8)12-2)46-29-39(25-24-38(46)13-3)35(9)36(10)40-26-27-45-47(30-40)50(32(4)5,33(6)7)48-31-41(28-37-20-15-14-16-21-37)43-22-17-18-23-44(43)49(45)48/h11-24,26-27,29-33,35-36,39H,2-3,25,28H2,1,4-10H3/b19-11-,42-34+. The molecule has 0 spiro atoms. The summed E-state index contributed by atoms with van der Waals surface area (Å²) in [6.45, 7) is 27.2. The summed E-state index contributed by atoms with van der Waals surface area (Å²) in [4.78, 5) is 0. The lowest BCUT2D eigenvalue weighted by molar-refractivity contribution is 0.279. The Labute approximate surface area is 302 Å². The molecular weight excluding hydrogens is 601 g/mol. The van der Waals surface area contributed by atoms with Gasteiger partial charge in [-0.1, -0.05) is 170 Å². The Morgan fingerprint density at radius 2 is 1.52 bits per heavy atom. The molecule has 4 aromatic rings. The second kappa shape index (κ2) is 14.4. The Balaban J connectivity index is 1.47. The van der Waals surface area contributed by atoms with Crippen LogP contribution in [0.25, 0.3) is 21.9 Å². The maximum atomic E-state index is 4.17. The molecule has 4 aromatic carbocycles. The molecule has 3 unspecified atom stereocenters. The minimum atomic E-state index is -0.0764. The van der Waals surface area contributed by atoms with Crippen molar-refractivity contribution < 1.29 is 0 Å². The summed E-state index contributed by atoms with van der Waals surface area (Å²) in [5.41, 5.74) is 15.0. The second-order valence-corrected chi connectivity index (χ2v) is 15.4. The Bertz CT molecular complexity index is 2030. The topological polar surface area (TPSA) is 0 Å². The van der Waals surface area contributed by atoms with E-state index in [2.05, 4.69) is 172 Å². The van der Waals surface area contributed by atoms with Crippen LogP contribution in [0.3, 0.4) is 0 Å². The average Bonchev–Trinajstić information content (AvgIpc) is 3.44. The molecule has 0 aromatic heterocycles. The molecule has 0 heteroatoms. The van der Waals surface area contributed by atoms with E-state index >= 15 is 0 Å². The highest BCUT2D eigenvalue weighted by molar-refractivity contribution is 6.04. The van der Waals surface area contributed by atoms with E-state index in [9.17, 15) is 0 Å². The van der Waals surface area contributed by atoms with Gasteiger partial charge in [-0.05, 0) is 128 Å². The zero-order valence-corrected chi connectivity index (χ0v) is 31.7.